The third-order valence-electron chi connectivity index (χ3n) is 6.51. The number of benzene rings is 1. The molecule has 0 radical (unpaired) electrons. The predicted molar refractivity (Wildman–Crippen MR) is 128 cm³/mol. The highest BCUT2D eigenvalue weighted by Gasteiger charge is 2.29. The smallest absolute Gasteiger partial charge is 0.225 e. The molecule has 1 aromatic rings. The molecule has 0 bridgehead atoms. The number of nitrogens with zero attached hydrogens (tertiary/aromatic N) is 3. The van der Waals surface area contributed by atoms with E-state index in [1.165, 1.54) is 11.1 Å². The van der Waals surface area contributed by atoms with Crippen molar-refractivity contribution < 1.29 is 4.79 Å². The minimum atomic E-state index is 0.0575. The number of likely N-dealkylation sites (tertiary alicyclic amines) is 1. The first-order valence-electron chi connectivity index (χ1n) is 12.0. The Labute approximate surface area is 188 Å². The number of hydrogen-bond donors (Lipinski definition) is 2. The van der Waals surface area contributed by atoms with Gasteiger partial charge in [-0.2, -0.15) is 0 Å². The summed E-state index contributed by atoms with van der Waals surface area (Å²) in [7, 11) is 0. The number of rotatable bonds is 7. The van der Waals surface area contributed by atoms with E-state index in [1.54, 1.807) is 0 Å². The van der Waals surface area contributed by atoms with Gasteiger partial charge in [-0.25, -0.2) is 0 Å². The quantitative estimate of drug-likeness (QED) is 0.519. The SMILES string of the molecule is CCNC(=NCC(C(C)C)N1CCc2ccccc2C1)NC1CCN(C(=O)C(C)C)C1. The number of guanidine groups is 1. The number of hydrogen-bond acceptors (Lipinski definition) is 3. The van der Waals surface area contributed by atoms with Crippen LogP contribution in [0, 0.1) is 11.8 Å². The molecule has 0 spiro atoms. The van der Waals surface area contributed by atoms with Crippen LogP contribution in [0.2, 0.25) is 0 Å². The van der Waals surface area contributed by atoms with E-state index in [0.717, 1.165) is 58.1 Å². The fourth-order valence-electron chi connectivity index (χ4n) is 4.69. The van der Waals surface area contributed by atoms with Crippen LogP contribution in [0.25, 0.3) is 0 Å². The second kappa shape index (κ2) is 11.0. The molecule has 1 amide bonds. The fourth-order valence-corrected chi connectivity index (χ4v) is 4.69. The third kappa shape index (κ3) is 6.22. The minimum absolute atomic E-state index is 0.0575. The standard InChI is InChI=1S/C25H41N5O/c1-6-26-25(28-22-12-14-30(17-22)24(31)19(4)5)27-15-23(18(2)3)29-13-11-20-9-7-8-10-21(20)16-29/h7-10,18-19,22-23H,6,11-17H2,1-5H3,(H2,26,27,28). The largest absolute Gasteiger partial charge is 0.357 e. The second-order valence-corrected chi connectivity index (χ2v) is 9.59. The Bertz CT molecular complexity index is 760. The van der Waals surface area contributed by atoms with E-state index in [4.69, 9.17) is 4.99 Å². The number of aliphatic imine (C=N–C) groups is 1. The summed E-state index contributed by atoms with van der Waals surface area (Å²) in [5, 5.41) is 6.99. The topological polar surface area (TPSA) is 60.0 Å². The maximum atomic E-state index is 12.3. The molecule has 6 heteroatoms. The summed E-state index contributed by atoms with van der Waals surface area (Å²) < 4.78 is 0. The second-order valence-electron chi connectivity index (χ2n) is 9.59. The average molecular weight is 428 g/mol. The Morgan fingerprint density at radius 3 is 2.58 bits per heavy atom. The van der Waals surface area contributed by atoms with Crippen molar-refractivity contribution in [3.05, 3.63) is 35.4 Å². The molecular weight excluding hydrogens is 386 g/mol. The van der Waals surface area contributed by atoms with Gasteiger partial charge in [-0.15, -0.1) is 0 Å². The van der Waals surface area contributed by atoms with Gasteiger partial charge < -0.3 is 15.5 Å². The Balaban J connectivity index is 1.62. The number of carbonyl (C=O) groups is 1. The molecule has 0 saturated carbocycles. The fraction of sp³-hybridized carbons (Fsp3) is 0.680. The van der Waals surface area contributed by atoms with Crippen LogP contribution in [0.5, 0.6) is 0 Å². The predicted octanol–water partition coefficient (Wildman–Crippen LogP) is 2.88. The lowest BCUT2D eigenvalue weighted by Crippen LogP contribution is -2.47. The molecule has 2 aliphatic rings. The molecule has 6 nitrogen and oxygen atoms in total. The van der Waals surface area contributed by atoms with Gasteiger partial charge in [-0.1, -0.05) is 52.0 Å². The molecule has 172 valence electrons. The van der Waals surface area contributed by atoms with Gasteiger partial charge in [-0.3, -0.25) is 14.7 Å². The highest BCUT2D eigenvalue weighted by atomic mass is 16.2. The highest BCUT2D eigenvalue weighted by Crippen LogP contribution is 2.23. The van der Waals surface area contributed by atoms with E-state index in [0.29, 0.717) is 12.0 Å². The summed E-state index contributed by atoms with van der Waals surface area (Å²) >= 11 is 0. The Morgan fingerprint density at radius 2 is 1.90 bits per heavy atom. The number of nitrogens with one attached hydrogen (secondary N) is 2. The van der Waals surface area contributed by atoms with Crippen molar-refractivity contribution in [1.82, 2.24) is 20.4 Å². The zero-order valence-electron chi connectivity index (χ0n) is 20.0. The van der Waals surface area contributed by atoms with Crippen molar-refractivity contribution in [2.45, 2.75) is 66.1 Å². The van der Waals surface area contributed by atoms with Gasteiger partial charge in [0.25, 0.3) is 0 Å². The van der Waals surface area contributed by atoms with Crippen LogP contribution in [0.1, 0.15) is 52.2 Å². The molecule has 3 rings (SSSR count). The molecule has 2 heterocycles. The van der Waals surface area contributed by atoms with Gasteiger partial charge in [0.2, 0.25) is 5.91 Å². The summed E-state index contributed by atoms with van der Waals surface area (Å²) in [6.07, 6.45) is 2.09. The Morgan fingerprint density at radius 1 is 1.16 bits per heavy atom. The van der Waals surface area contributed by atoms with Crippen LogP contribution in [-0.2, 0) is 17.8 Å². The Kier molecular flexibility index (Phi) is 8.35. The number of carbonyl (C=O) groups excluding carboxylic acids is 1. The molecule has 1 fully saturated rings. The first kappa shape index (κ1) is 23.6. The number of amides is 1. The van der Waals surface area contributed by atoms with Crippen LogP contribution in [0.4, 0.5) is 0 Å². The molecule has 2 atom stereocenters. The van der Waals surface area contributed by atoms with Crippen molar-refractivity contribution in [3.8, 4) is 0 Å². The van der Waals surface area contributed by atoms with Crippen LogP contribution in [0.3, 0.4) is 0 Å². The molecule has 2 N–H and O–H groups in total. The monoisotopic (exact) mass is 427 g/mol. The van der Waals surface area contributed by atoms with Crippen molar-refractivity contribution in [2.75, 3.05) is 32.7 Å². The van der Waals surface area contributed by atoms with Crippen molar-refractivity contribution in [3.63, 3.8) is 0 Å². The zero-order valence-corrected chi connectivity index (χ0v) is 20.0. The van der Waals surface area contributed by atoms with E-state index in [2.05, 4.69) is 60.6 Å². The van der Waals surface area contributed by atoms with Crippen LogP contribution >= 0.6 is 0 Å². The summed E-state index contributed by atoms with van der Waals surface area (Å²) in [5.41, 5.74) is 2.94. The van der Waals surface area contributed by atoms with Crippen molar-refractivity contribution >= 4 is 11.9 Å². The van der Waals surface area contributed by atoms with E-state index in [9.17, 15) is 4.79 Å². The summed E-state index contributed by atoms with van der Waals surface area (Å²) in [4.78, 5) is 21.9. The molecular formula is C25H41N5O. The van der Waals surface area contributed by atoms with Crippen molar-refractivity contribution in [2.24, 2.45) is 16.8 Å². The van der Waals surface area contributed by atoms with Gasteiger partial charge in [0, 0.05) is 50.7 Å². The summed E-state index contributed by atoms with van der Waals surface area (Å²) in [6.45, 7) is 15.9. The Hall–Kier alpha value is -2.08. The number of fused-ring (bicyclic) bond motifs is 1. The van der Waals surface area contributed by atoms with Crippen LogP contribution in [-0.4, -0.2) is 66.5 Å². The first-order valence-corrected chi connectivity index (χ1v) is 12.0. The van der Waals surface area contributed by atoms with E-state index >= 15 is 0 Å². The molecule has 1 aromatic carbocycles. The maximum Gasteiger partial charge on any atom is 0.225 e. The van der Waals surface area contributed by atoms with E-state index in [-0.39, 0.29) is 17.9 Å². The van der Waals surface area contributed by atoms with Gasteiger partial charge in [0.1, 0.15) is 0 Å². The first-order chi connectivity index (χ1) is 14.9. The van der Waals surface area contributed by atoms with Gasteiger partial charge in [0.15, 0.2) is 5.96 Å². The average Bonchev–Trinajstić information content (AvgIpc) is 3.21. The van der Waals surface area contributed by atoms with Gasteiger partial charge in [0.05, 0.1) is 6.54 Å². The van der Waals surface area contributed by atoms with E-state index in [1.807, 2.05) is 18.7 Å². The van der Waals surface area contributed by atoms with Crippen LogP contribution < -0.4 is 10.6 Å². The molecule has 1 saturated heterocycles. The van der Waals surface area contributed by atoms with E-state index < -0.39 is 0 Å². The lowest BCUT2D eigenvalue weighted by molar-refractivity contribution is -0.133. The zero-order chi connectivity index (χ0) is 22.4. The van der Waals surface area contributed by atoms with Crippen LogP contribution in [0.15, 0.2) is 29.3 Å². The lowest BCUT2D eigenvalue weighted by atomic mass is 9.95. The van der Waals surface area contributed by atoms with Crippen molar-refractivity contribution in [1.29, 1.82) is 0 Å². The highest BCUT2D eigenvalue weighted by molar-refractivity contribution is 5.81. The van der Waals surface area contributed by atoms with Gasteiger partial charge >= 0.3 is 0 Å². The normalized spacial score (nSPS) is 20.8. The molecule has 2 unspecified atom stereocenters. The third-order valence-corrected chi connectivity index (χ3v) is 6.51. The lowest BCUT2D eigenvalue weighted by Gasteiger charge is -2.37. The molecule has 0 aliphatic carbocycles. The van der Waals surface area contributed by atoms with Gasteiger partial charge in [-0.05, 0) is 36.8 Å². The summed E-state index contributed by atoms with van der Waals surface area (Å²) in [6, 6.07) is 9.49. The minimum Gasteiger partial charge on any atom is -0.357 e. The maximum absolute atomic E-state index is 12.3. The molecule has 31 heavy (non-hydrogen) atoms. The molecule has 0 aromatic heterocycles. The summed E-state index contributed by atoms with van der Waals surface area (Å²) in [5.74, 6) is 1.70. The molecule has 2 aliphatic heterocycles.